The molecular formula is C14H22N2O2S. The van der Waals surface area contributed by atoms with Gasteiger partial charge in [0.1, 0.15) is 0 Å². The lowest BCUT2D eigenvalue weighted by Crippen LogP contribution is -2.45. The van der Waals surface area contributed by atoms with Crippen molar-refractivity contribution in [1.29, 1.82) is 0 Å². The van der Waals surface area contributed by atoms with Gasteiger partial charge >= 0.3 is 0 Å². The molecule has 4 nitrogen and oxygen atoms in total. The maximum atomic E-state index is 12.6. The lowest BCUT2D eigenvalue weighted by Gasteiger charge is -2.36. The van der Waals surface area contributed by atoms with E-state index in [1.165, 1.54) is 0 Å². The number of nitrogens with one attached hydrogen (secondary N) is 1. The molecule has 0 aliphatic carbocycles. The molecule has 106 valence electrons. The third-order valence-corrected chi connectivity index (χ3v) is 6.07. The zero-order valence-corrected chi connectivity index (χ0v) is 12.6. The molecule has 0 radical (unpaired) electrons. The Balaban J connectivity index is 2.30. The number of hydrogen-bond donors (Lipinski definition) is 1. The van der Waals surface area contributed by atoms with Gasteiger partial charge in [0, 0.05) is 25.3 Å². The van der Waals surface area contributed by atoms with E-state index in [9.17, 15) is 8.42 Å². The maximum Gasteiger partial charge on any atom is 0.243 e. The number of piperidine rings is 1. The van der Waals surface area contributed by atoms with Crippen molar-refractivity contribution < 1.29 is 8.42 Å². The van der Waals surface area contributed by atoms with E-state index < -0.39 is 10.0 Å². The fraction of sp³-hybridized carbons (Fsp3) is 0.571. The third-order valence-electron chi connectivity index (χ3n) is 4.07. The van der Waals surface area contributed by atoms with E-state index in [0.29, 0.717) is 17.4 Å². The summed E-state index contributed by atoms with van der Waals surface area (Å²) in [5.74, 6) is 0.417. The van der Waals surface area contributed by atoms with E-state index in [2.05, 4.69) is 12.2 Å². The van der Waals surface area contributed by atoms with E-state index in [-0.39, 0.29) is 6.04 Å². The van der Waals surface area contributed by atoms with E-state index in [1.54, 1.807) is 28.6 Å². The van der Waals surface area contributed by atoms with E-state index in [0.717, 1.165) is 18.5 Å². The van der Waals surface area contributed by atoms with E-state index in [4.69, 9.17) is 0 Å². The quantitative estimate of drug-likeness (QED) is 0.927. The highest BCUT2D eigenvalue weighted by Gasteiger charge is 2.34. The number of rotatable bonds is 3. The predicted molar refractivity (Wildman–Crippen MR) is 77.7 cm³/mol. The summed E-state index contributed by atoms with van der Waals surface area (Å²) in [5.41, 5.74) is 0.916. The maximum absolute atomic E-state index is 12.6. The van der Waals surface area contributed by atoms with Gasteiger partial charge in [-0.3, -0.25) is 0 Å². The second-order valence-corrected chi connectivity index (χ2v) is 7.14. The van der Waals surface area contributed by atoms with Crippen LogP contribution in [0.3, 0.4) is 0 Å². The molecular weight excluding hydrogens is 260 g/mol. The van der Waals surface area contributed by atoms with Crippen molar-refractivity contribution in [2.24, 2.45) is 5.92 Å². The molecule has 1 aliphatic heterocycles. The molecule has 1 aromatic rings. The molecule has 0 saturated carbocycles. The smallest absolute Gasteiger partial charge is 0.243 e. The molecule has 1 heterocycles. The molecule has 1 aliphatic rings. The molecule has 1 fully saturated rings. The highest BCUT2D eigenvalue weighted by atomic mass is 32.2. The fourth-order valence-electron chi connectivity index (χ4n) is 2.57. The molecule has 0 bridgehead atoms. The summed E-state index contributed by atoms with van der Waals surface area (Å²) in [5, 5.41) is 2.99. The Morgan fingerprint density at radius 3 is 2.42 bits per heavy atom. The molecule has 19 heavy (non-hydrogen) atoms. The van der Waals surface area contributed by atoms with Crippen molar-refractivity contribution in [1.82, 2.24) is 4.31 Å². The lowest BCUT2D eigenvalue weighted by atomic mass is 9.94. The number of hydrogen-bond acceptors (Lipinski definition) is 3. The fourth-order valence-corrected chi connectivity index (χ4v) is 4.33. The largest absolute Gasteiger partial charge is 0.388 e. The molecule has 2 unspecified atom stereocenters. The van der Waals surface area contributed by atoms with Crippen molar-refractivity contribution in [2.45, 2.75) is 37.6 Å². The molecule has 5 heteroatoms. The van der Waals surface area contributed by atoms with Crippen LogP contribution in [-0.4, -0.2) is 32.4 Å². The first-order valence-electron chi connectivity index (χ1n) is 6.76. The van der Waals surface area contributed by atoms with Crippen molar-refractivity contribution in [3.63, 3.8) is 0 Å². The first-order valence-corrected chi connectivity index (χ1v) is 8.20. The van der Waals surface area contributed by atoms with Crippen LogP contribution in [0, 0.1) is 5.92 Å². The van der Waals surface area contributed by atoms with Crippen LogP contribution in [0.2, 0.25) is 0 Å². The van der Waals surface area contributed by atoms with Gasteiger partial charge < -0.3 is 5.32 Å². The van der Waals surface area contributed by atoms with Crippen LogP contribution in [-0.2, 0) is 10.0 Å². The number of nitrogens with zero attached hydrogens (tertiary/aromatic N) is 1. The van der Waals surface area contributed by atoms with Gasteiger partial charge in [-0.05, 0) is 49.9 Å². The van der Waals surface area contributed by atoms with Gasteiger partial charge in [0.2, 0.25) is 10.0 Å². The van der Waals surface area contributed by atoms with Gasteiger partial charge in [-0.1, -0.05) is 6.92 Å². The number of sulfonamides is 1. The molecule has 0 amide bonds. The van der Waals surface area contributed by atoms with Crippen molar-refractivity contribution in [3.8, 4) is 0 Å². The van der Waals surface area contributed by atoms with E-state index in [1.807, 2.05) is 14.0 Å². The Bertz CT molecular complexity index is 525. The molecule has 2 rings (SSSR count). The number of anilines is 1. The first kappa shape index (κ1) is 14.3. The Hall–Kier alpha value is -1.07. The minimum absolute atomic E-state index is 0.0720. The molecule has 0 spiro atoms. The molecule has 1 saturated heterocycles. The Kier molecular flexibility index (Phi) is 4.16. The van der Waals surface area contributed by atoms with E-state index >= 15 is 0 Å². The van der Waals surface area contributed by atoms with Gasteiger partial charge in [0.25, 0.3) is 0 Å². The van der Waals surface area contributed by atoms with Crippen molar-refractivity contribution >= 4 is 15.7 Å². The summed E-state index contributed by atoms with van der Waals surface area (Å²) < 4.78 is 26.9. The molecule has 0 aromatic heterocycles. The minimum atomic E-state index is -3.36. The minimum Gasteiger partial charge on any atom is -0.388 e. The Morgan fingerprint density at radius 1 is 1.21 bits per heavy atom. The zero-order chi connectivity index (χ0) is 14.0. The van der Waals surface area contributed by atoms with Crippen LogP contribution in [0.25, 0.3) is 0 Å². The van der Waals surface area contributed by atoms with Gasteiger partial charge in [-0.2, -0.15) is 4.31 Å². The van der Waals surface area contributed by atoms with Gasteiger partial charge in [0.15, 0.2) is 0 Å². The average molecular weight is 282 g/mol. The van der Waals surface area contributed by atoms with Gasteiger partial charge in [0.05, 0.1) is 4.90 Å². The Labute approximate surface area is 115 Å². The third kappa shape index (κ3) is 2.77. The van der Waals surface area contributed by atoms with Gasteiger partial charge in [-0.15, -0.1) is 0 Å². The highest BCUT2D eigenvalue weighted by Crippen LogP contribution is 2.29. The van der Waals surface area contributed by atoms with Crippen molar-refractivity contribution in [3.05, 3.63) is 24.3 Å². The topological polar surface area (TPSA) is 49.4 Å². The van der Waals surface area contributed by atoms with Crippen molar-refractivity contribution in [2.75, 3.05) is 18.9 Å². The van der Waals surface area contributed by atoms with Crippen LogP contribution in [0.4, 0.5) is 5.69 Å². The summed E-state index contributed by atoms with van der Waals surface area (Å²) in [4.78, 5) is 0.382. The van der Waals surface area contributed by atoms with Gasteiger partial charge in [-0.25, -0.2) is 8.42 Å². The SMILES string of the molecule is CNc1ccc(S(=O)(=O)N2CCCC(C)C2C)cc1. The average Bonchev–Trinajstić information content (AvgIpc) is 2.41. The van der Waals surface area contributed by atoms with Crippen LogP contribution in [0.1, 0.15) is 26.7 Å². The summed E-state index contributed by atoms with van der Waals surface area (Å²) in [6.45, 7) is 4.75. The molecule has 1 N–H and O–H groups in total. The monoisotopic (exact) mass is 282 g/mol. The molecule has 2 atom stereocenters. The van der Waals surface area contributed by atoms with Crippen LogP contribution in [0.5, 0.6) is 0 Å². The summed E-state index contributed by atoms with van der Waals surface area (Å²) in [6.07, 6.45) is 2.05. The standard InChI is InChI=1S/C14H22N2O2S/c1-11-5-4-10-16(12(11)2)19(17,18)14-8-6-13(15-3)7-9-14/h6-9,11-12,15H,4-5,10H2,1-3H3. The Morgan fingerprint density at radius 2 is 1.84 bits per heavy atom. The summed E-state index contributed by atoms with van der Waals surface area (Å²) >= 11 is 0. The van der Waals surface area contributed by atoms with Crippen LogP contribution < -0.4 is 5.32 Å². The summed E-state index contributed by atoms with van der Waals surface area (Å²) in [6, 6.07) is 7.01. The number of benzene rings is 1. The zero-order valence-electron chi connectivity index (χ0n) is 11.8. The first-order chi connectivity index (χ1) is 8.96. The second kappa shape index (κ2) is 5.51. The normalized spacial score (nSPS) is 25.2. The predicted octanol–water partition coefficient (Wildman–Crippen LogP) is 2.54. The highest BCUT2D eigenvalue weighted by molar-refractivity contribution is 7.89. The van der Waals surface area contributed by atoms with Crippen LogP contribution >= 0.6 is 0 Å². The second-order valence-electron chi connectivity index (χ2n) is 5.25. The lowest BCUT2D eigenvalue weighted by molar-refractivity contribution is 0.202. The van der Waals surface area contributed by atoms with Crippen LogP contribution in [0.15, 0.2) is 29.2 Å². The molecule has 1 aromatic carbocycles. The summed E-state index contributed by atoms with van der Waals surface area (Å²) in [7, 11) is -1.55.